The van der Waals surface area contributed by atoms with E-state index in [-0.39, 0.29) is 5.41 Å². The molecule has 1 spiro atoms. The standard InChI is InChI=1S/C24H36O3/c1-5-6-7-8-12-23(3,4)19-9-10-20(22(25)16-19)21-17-24(13-11-18(21)2)26-14-15-27-24/h9-10,16,25H,5-8,11-15,17H2,1-4H3. The molecule has 1 aliphatic carbocycles. The minimum Gasteiger partial charge on any atom is -0.507 e. The van der Waals surface area contributed by atoms with Crippen molar-refractivity contribution >= 4 is 5.57 Å². The highest BCUT2D eigenvalue weighted by atomic mass is 16.7. The molecule has 1 aromatic rings. The van der Waals surface area contributed by atoms with Crippen LogP contribution in [0, 0.1) is 0 Å². The molecule has 1 N–H and O–H groups in total. The van der Waals surface area contributed by atoms with Crippen LogP contribution in [0.5, 0.6) is 5.75 Å². The summed E-state index contributed by atoms with van der Waals surface area (Å²) in [5.41, 5.74) is 4.77. The highest BCUT2D eigenvalue weighted by Gasteiger charge is 2.40. The van der Waals surface area contributed by atoms with E-state index in [0.717, 1.165) is 31.2 Å². The number of allylic oxidation sites excluding steroid dienone is 1. The summed E-state index contributed by atoms with van der Waals surface area (Å²) in [4.78, 5) is 0. The average molecular weight is 373 g/mol. The Hall–Kier alpha value is -1.32. The van der Waals surface area contributed by atoms with Gasteiger partial charge in [-0.05, 0) is 42.4 Å². The Morgan fingerprint density at radius 1 is 1.11 bits per heavy atom. The van der Waals surface area contributed by atoms with Gasteiger partial charge in [0.05, 0.1) is 13.2 Å². The third-order valence-electron chi connectivity index (χ3n) is 6.42. The zero-order chi connectivity index (χ0) is 19.5. The Kier molecular flexibility index (Phi) is 6.32. The molecule has 0 radical (unpaired) electrons. The van der Waals surface area contributed by atoms with Crippen molar-refractivity contribution < 1.29 is 14.6 Å². The van der Waals surface area contributed by atoms with Gasteiger partial charge in [0, 0.05) is 18.4 Å². The topological polar surface area (TPSA) is 38.7 Å². The third-order valence-corrected chi connectivity index (χ3v) is 6.42. The first-order valence-corrected chi connectivity index (χ1v) is 10.7. The summed E-state index contributed by atoms with van der Waals surface area (Å²) in [6.45, 7) is 10.3. The number of aromatic hydroxyl groups is 1. The van der Waals surface area contributed by atoms with Gasteiger partial charge in [0.2, 0.25) is 0 Å². The molecular weight excluding hydrogens is 336 g/mol. The molecule has 150 valence electrons. The monoisotopic (exact) mass is 372 g/mol. The molecule has 0 aromatic heterocycles. The van der Waals surface area contributed by atoms with Crippen molar-refractivity contribution in [1.82, 2.24) is 0 Å². The third kappa shape index (κ3) is 4.57. The maximum Gasteiger partial charge on any atom is 0.172 e. The summed E-state index contributed by atoms with van der Waals surface area (Å²) < 4.78 is 11.9. The van der Waals surface area contributed by atoms with Crippen LogP contribution in [0.3, 0.4) is 0 Å². The lowest BCUT2D eigenvalue weighted by Gasteiger charge is -2.34. The molecule has 0 amide bonds. The molecule has 1 aliphatic heterocycles. The van der Waals surface area contributed by atoms with Crippen molar-refractivity contribution in [3.8, 4) is 5.75 Å². The summed E-state index contributed by atoms with van der Waals surface area (Å²) in [7, 11) is 0. The zero-order valence-corrected chi connectivity index (χ0v) is 17.6. The Labute approximate surface area is 164 Å². The van der Waals surface area contributed by atoms with Crippen molar-refractivity contribution in [2.24, 2.45) is 0 Å². The summed E-state index contributed by atoms with van der Waals surface area (Å²) in [6.07, 6.45) is 8.84. The van der Waals surface area contributed by atoms with E-state index in [1.807, 2.05) is 6.07 Å². The van der Waals surface area contributed by atoms with Crippen molar-refractivity contribution in [2.45, 2.75) is 90.3 Å². The van der Waals surface area contributed by atoms with Crippen molar-refractivity contribution in [1.29, 1.82) is 0 Å². The van der Waals surface area contributed by atoms with Gasteiger partial charge < -0.3 is 14.6 Å². The van der Waals surface area contributed by atoms with E-state index in [1.54, 1.807) is 0 Å². The first-order chi connectivity index (χ1) is 12.9. The molecule has 3 heteroatoms. The maximum atomic E-state index is 10.8. The second kappa shape index (κ2) is 8.36. The lowest BCUT2D eigenvalue weighted by molar-refractivity contribution is -0.159. The van der Waals surface area contributed by atoms with Gasteiger partial charge in [-0.3, -0.25) is 0 Å². The number of benzene rings is 1. The fourth-order valence-electron chi connectivity index (χ4n) is 4.45. The fourth-order valence-corrected chi connectivity index (χ4v) is 4.45. The normalized spacial score (nSPS) is 19.9. The van der Waals surface area contributed by atoms with Crippen LogP contribution >= 0.6 is 0 Å². The minimum atomic E-state index is -0.474. The molecule has 0 atom stereocenters. The van der Waals surface area contributed by atoms with Crippen LogP contribution in [-0.4, -0.2) is 24.1 Å². The Balaban J connectivity index is 1.78. The van der Waals surface area contributed by atoms with Crippen molar-refractivity contribution in [3.63, 3.8) is 0 Å². The molecule has 3 rings (SSSR count). The highest BCUT2D eigenvalue weighted by molar-refractivity contribution is 5.74. The SMILES string of the molecule is CCCCCCC(C)(C)c1ccc(C2=C(C)CCC3(C2)OCCO3)c(O)c1. The molecule has 0 bridgehead atoms. The second-order valence-electron chi connectivity index (χ2n) is 8.97. The fraction of sp³-hybridized carbons (Fsp3) is 0.667. The molecule has 3 nitrogen and oxygen atoms in total. The molecule has 2 aliphatic rings. The number of ether oxygens (including phenoxy) is 2. The van der Waals surface area contributed by atoms with E-state index in [9.17, 15) is 5.11 Å². The van der Waals surface area contributed by atoms with E-state index < -0.39 is 5.79 Å². The first kappa shape index (κ1) is 20.4. The average Bonchev–Trinajstić information content (AvgIpc) is 3.09. The zero-order valence-electron chi connectivity index (χ0n) is 17.6. The van der Waals surface area contributed by atoms with Gasteiger partial charge in [-0.1, -0.05) is 64.2 Å². The van der Waals surface area contributed by atoms with E-state index >= 15 is 0 Å². The molecule has 1 fully saturated rings. The van der Waals surface area contributed by atoms with Gasteiger partial charge in [0.1, 0.15) is 5.75 Å². The minimum absolute atomic E-state index is 0.0820. The Bertz CT molecular complexity index is 681. The van der Waals surface area contributed by atoms with Gasteiger partial charge in [-0.15, -0.1) is 0 Å². The van der Waals surface area contributed by atoms with Crippen molar-refractivity contribution in [3.05, 3.63) is 34.9 Å². The summed E-state index contributed by atoms with van der Waals surface area (Å²) in [6, 6.07) is 6.28. The molecule has 0 saturated carbocycles. The highest BCUT2D eigenvalue weighted by Crippen LogP contribution is 2.45. The van der Waals surface area contributed by atoms with Crippen LogP contribution in [0.4, 0.5) is 0 Å². The number of phenolic OH excluding ortho intramolecular Hbond substituents is 1. The first-order valence-electron chi connectivity index (χ1n) is 10.7. The van der Waals surface area contributed by atoms with Gasteiger partial charge in [0.25, 0.3) is 0 Å². The summed E-state index contributed by atoms with van der Waals surface area (Å²) >= 11 is 0. The number of unbranched alkanes of at least 4 members (excludes halogenated alkanes) is 3. The Morgan fingerprint density at radius 3 is 2.52 bits per heavy atom. The largest absolute Gasteiger partial charge is 0.507 e. The van der Waals surface area contributed by atoms with Crippen molar-refractivity contribution in [2.75, 3.05) is 13.2 Å². The number of rotatable bonds is 7. The number of hydrogen-bond donors (Lipinski definition) is 1. The lowest BCUT2D eigenvalue weighted by Crippen LogP contribution is -2.33. The van der Waals surface area contributed by atoms with Gasteiger partial charge in [-0.2, -0.15) is 0 Å². The number of hydrogen-bond acceptors (Lipinski definition) is 3. The molecule has 27 heavy (non-hydrogen) atoms. The van der Waals surface area contributed by atoms with E-state index in [4.69, 9.17) is 9.47 Å². The van der Waals surface area contributed by atoms with Gasteiger partial charge >= 0.3 is 0 Å². The molecular formula is C24H36O3. The molecule has 1 heterocycles. The van der Waals surface area contributed by atoms with Crippen LogP contribution in [0.25, 0.3) is 5.57 Å². The predicted octanol–water partition coefficient (Wildman–Crippen LogP) is 6.34. The predicted molar refractivity (Wildman–Crippen MR) is 111 cm³/mol. The molecule has 1 saturated heterocycles. The number of phenols is 1. The molecule has 1 aromatic carbocycles. The smallest absolute Gasteiger partial charge is 0.172 e. The van der Waals surface area contributed by atoms with Gasteiger partial charge in [-0.25, -0.2) is 0 Å². The molecule has 0 unspecified atom stereocenters. The van der Waals surface area contributed by atoms with Crippen LogP contribution < -0.4 is 0 Å². The van der Waals surface area contributed by atoms with E-state index in [0.29, 0.717) is 19.0 Å². The van der Waals surface area contributed by atoms with E-state index in [1.165, 1.54) is 42.4 Å². The van der Waals surface area contributed by atoms with Gasteiger partial charge in [0.15, 0.2) is 5.79 Å². The summed E-state index contributed by atoms with van der Waals surface area (Å²) in [5.74, 6) is -0.0862. The van der Waals surface area contributed by atoms with Crippen LogP contribution in [0.1, 0.15) is 90.2 Å². The Morgan fingerprint density at radius 2 is 1.85 bits per heavy atom. The quantitative estimate of drug-likeness (QED) is 0.568. The van der Waals surface area contributed by atoms with Crippen LogP contribution in [0.2, 0.25) is 0 Å². The van der Waals surface area contributed by atoms with E-state index in [2.05, 4.69) is 39.8 Å². The second-order valence-corrected chi connectivity index (χ2v) is 8.97. The van der Waals surface area contributed by atoms with Crippen LogP contribution in [0.15, 0.2) is 23.8 Å². The van der Waals surface area contributed by atoms with Crippen LogP contribution in [-0.2, 0) is 14.9 Å². The summed E-state index contributed by atoms with van der Waals surface area (Å²) in [5, 5.41) is 10.8. The lowest BCUT2D eigenvalue weighted by atomic mass is 9.78. The maximum absolute atomic E-state index is 10.8.